The molecule has 0 aromatic heterocycles. The van der Waals surface area contributed by atoms with Crippen molar-refractivity contribution >= 4 is 22.9 Å². The molecular formula is C11H22N2O2S. The van der Waals surface area contributed by atoms with Gasteiger partial charge in [0, 0.05) is 5.25 Å². The Morgan fingerprint density at radius 2 is 2.06 bits per heavy atom. The van der Waals surface area contributed by atoms with Crippen LogP contribution in [-0.4, -0.2) is 29.5 Å². The van der Waals surface area contributed by atoms with E-state index in [4.69, 9.17) is 10.5 Å². The van der Waals surface area contributed by atoms with E-state index in [2.05, 4.69) is 18.8 Å². The molecule has 0 aliphatic carbocycles. The van der Waals surface area contributed by atoms with E-state index in [9.17, 15) is 4.79 Å². The number of amidine groups is 1. The first kappa shape index (κ1) is 15.3. The van der Waals surface area contributed by atoms with E-state index in [-0.39, 0.29) is 11.9 Å². The Hall–Kier alpha value is -0.710. The van der Waals surface area contributed by atoms with Gasteiger partial charge in [-0.15, -0.1) is 0 Å². The fraction of sp³-hybridized carbons (Fsp3) is 0.818. The van der Waals surface area contributed by atoms with E-state index in [0.29, 0.717) is 23.6 Å². The normalized spacial score (nSPS) is 15.6. The Kier molecular flexibility index (Phi) is 8.07. The molecule has 16 heavy (non-hydrogen) atoms. The third-order valence-corrected chi connectivity index (χ3v) is 3.21. The zero-order chi connectivity index (χ0) is 12.6. The molecule has 94 valence electrons. The molecule has 2 unspecified atom stereocenters. The molecule has 0 aliphatic rings. The van der Waals surface area contributed by atoms with E-state index < -0.39 is 0 Å². The Balaban J connectivity index is 4.00. The maximum Gasteiger partial charge on any atom is 0.310 e. The maximum absolute atomic E-state index is 11.3. The first-order valence-electron chi connectivity index (χ1n) is 5.64. The van der Waals surface area contributed by atoms with E-state index in [1.807, 2.05) is 0 Å². The monoisotopic (exact) mass is 246 g/mol. The van der Waals surface area contributed by atoms with Gasteiger partial charge in [-0.3, -0.25) is 9.79 Å². The van der Waals surface area contributed by atoms with Gasteiger partial charge in [0.05, 0.1) is 19.1 Å². The number of thioether (sulfide) groups is 1. The number of hydrogen-bond acceptors (Lipinski definition) is 4. The molecule has 2 N–H and O–H groups in total. The number of nitrogens with zero attached hydrogens (tertiary/aromatic N) is 1. The topological polar surface area (TPSA) is 64.7 Å². The second kappa shape index (κ2) is 8.44. The Labute approximate surface area is 102 Å². The molecule has 5 heteroatoms. The zero-order valence-electron chi connectivity index (χ0n) is 10.5. The third-order valence-electron chi connectivity index (χ3n) is 2.11. The largest absolute Gasteiger partial charge is 0.466 e. The van der Waals surface area contributed by atoms with Gasteiger partial charge in [0.2, 0.25) is 0 Å². The molecular weight excluding hydrogens is 224 g/mol. The second-order valence-electron chi connectivity index (χ2n) is 3.67. The van der Waals surface area contributed by atoms with Crippen LogP contribution in [0.25, 0.3) is 0 Å². The number of carbonyl (C=O) groups excluding carboxylic acids is 1. The lowest BCUT2D eigenvalue weighted by Crippen LogP contribution is -2.19. The summed E-state index contributed by atoms with van der Waals surface area (Å²) in [5.41, 5.74) is 5.73. The highest BCUT2D eigenvalue weighted by molar-refractivity contribution is 8.14. The molecule has 4 nitrogen and oxygen atoms in total. The lowest BCUT2D eigenvalue weighted by atomic mass is 10.2. The van der Waals surface area contributed by atoms with Crippen LogP contribution in [0.1, 0.15) is 34.1 Å². The Morgan fingerprint density at radius 1 is 1.44 bits per heavy atom. The van der Waals surface area contributed by atoms with Crippen LogP contribution in [0, 0.1) is 5.92 Å². The van der Waals surface area contributed by atoms with Crippen molar-refractivity contribution in [3.05, 3.63) is 0 Å². The van der Waals surface area contributed by atoms with Crippen LogP contribution >= 0.6 is 11.8 Å². The van der Waals surface area contributed by atoms with Crippen molar-refractivity contribution in [2.75, 3.05) is 13.2 Å². The number of hydrogen-bond donors (Lipinski definition) is 1. The maximum atomic E-state index is 11.3. The van der Waals surface area contributed by atoms with Gasteiger partial charge in [-0.1, -0.05) is 32.5 Å². The predicted molar refractivity (Wildman–Crippen MR) is 69.6 cm³/mol. The van der Waals surface area contributed by atoms with E-state index in [0.717, 1.165) is 6.42 Å². The van der Waals surface area contributed by atoms with Gasteiger partial charge >= 0.3 is 5.97 Å². The molecule has 0 radical (unpaired) electrons. The highest BCUT2D eigenvalue weighted by Gasteiger charge is 2.13. The molecule has 0 saturated carbocycles. The summed E-state index contributed by atoms with van der Waals surface area (Å²) >= 11 is 1.54. The van der Waals surface area contributed by atoms with Crippen LogP contribution in [0.4, 0.5) is 0 Å². The Morgan fingerprint density at radius 3 is 2.56 bits per heavy atom. The fourth-order valence-electron chi connectivity index (χ4n) is 0.913. The van der Waals surface area contributed by atoms with E-state index in [1.165, 1.54) is 0 Å². The fourth-order valence-corrected chi connectivity index (χ4v) is 1.64. The second-order valence-corrected chi connectivity index (χ2v) is 5.13. The van der Waals surface area contributed by atoms with Crippen LogP contribution in [-0.2, 0) is 9.53 Å². The number of esters is 1. The minimum absolute atomic E-state index is 0.215. The van der Waals surface area contributed by atoms with E-state index >= 15 is 0 Å². The molecule has 0 rings (SSSR count). The highest BCUT2D eigenvalue weighted by atomic mass is 32.2. The van der Waals surface area contributed by atoms with Crippen molar-refractivity contribution in [2.24, 2.45) is 16.6 Å². The molecule has 0 fully saturated rings. The summed E-state index contributed by atoms with van der Waals surface area (Å²) in [6.45, 7) is 8.59. The summed E-state index contributed by atoms with van der Waals surface area (Å²) in [7, 11) is 0. The SMILES string of the molecule is CCOC(=O)C(C)CN=C(N)SC(C)CC. The average molecular weight is 246 g/mol. The molecule has 0 heterocycles. The molecule has 0 saturated heterocycles. The van der Waals surface area contributed by atoms with Gasteiger partial charge in [0.25, 0.3) is 0 Å². The molecule has 0 bridgehead atoms. The van der Waals surface area contributed by atoms with Crippen molar-refractivity contribution in [2.45, 2.75) is 39.4 Å². The molecule has 0 aromatic carbocycles. The van der Waals surface area contributed by atoms with E-state index in [1.54, 1.807) is 25.6 Å². The number of aliphatic imine (C=N–C) groups is 1. The van der Waals surface area contributed by atoms with Crippen molar-refractivity contribution in [3.63, 3.8) is 0 Å². The van der Waals surface area contributed by atoms with Crippen LogP contribution in [0.5, 0.6) is 0 Å². The van der Waals surface area contributed by atoms with Gasteiger partial charge in [-0.2, -0.15) is 0 Å². The van der Waals surface area contributed by atoms with Gasteiger partial charge in [0.1, 0.15) is 0 Å². The zero-order valence-corrected chi connectivity index (χ0v) is 11.3. The summed E-state index contributed by atoms with van der Waals surface area (Å²) in [5.74, 6) is -0.441. The summed E-state index contributed by atoms with van der Waals surface area (Å²) in [5, 5.41) is 1.01. The summed E-state index contributed by atoms with van der Waals surface area (Å²) in [4.78, 5) is 15.5. The average Bonchev–Trinajstić information content (AvgIpc) is 2.25. The lowest BCUT2D eigenvalue weighted by molar-refractivity contribution is -0.146. The van der Waals surface area contributed by atoms with Gasteiger partial charge in [0.15, 0.2) is 5.17 Å². The number of carbonyl (C=O) groups is 1. The molecule has 2 atom stereocenters. The first-order chi connectivity index (χ1) is 7.51. The van der Waals surface area contributed by atoms with Gasteiger partial charge < -0.3 is 10.5 Å². The van der Waals surface area contributed by atoms with Crippen molar-refractivity contribution < 1.29 is 9.53 Å². The molecule has 0 amide bonds. The molecule has 0 aromatic rings. The summed E-state index contributed by atoms with van der Waals surface area (Å²) in [6, 6.07) is 0. The minimum atomic E-state index is -0.226. The van der Waals surface area contributed by atoms with Gasteiger partial charge in [-0.05, 0) is 13.3 Å². The van der Waals surface area contributed by atoms with Crippen molar-refractivity contribution in [3.8, 4) is 0 Å². The standard InChI is InChI=1S/C11H22N2O2S/c1-5-9(4)16-11(12)13-7-8(3)10(14)15-6-2/h8-9H,5-7H2,1-4H3,(H2,12,13). The van der Waals surface area contributed by atoms with Crippen molar-refractivity contribution in [1.82, 2.24) is 0 Å². The number of rotatable bonds is 6. The van der Waals surface area contributed by atoms with Crippen LogP contribution in [0.2, 0.25) is 0 Å². The number of ether oxygens (including phenoxy) is 1. The first-order valence-corrected chi connectivity index (χ1v) is 6.52. The summed E-state index contributed by atoms with van der Waals surface area (Å²) in [6.07, 6.45) is 1.05. The quantitative estimate of drug-likeness (QED) is 0.442. The van der Waals surface area contributed by atoms with Crippen molar-refractivity contribution in [1.29, 1.82) is 0 Å². The minimum Gasteiger partial charge on any atom is -0.466 e. The molecule has 0 aliphatic heterocycles. The van der Waals surface area contributed by atoms with Crippen LogP contribution in [0.15, 0.2) is 4.99 Å². The highest BCUT2D eigenvalue weighted by Crippen LogP contribution is 2.13. The third kappa shape index (κ3) is 6.71. The lowest BCUT2D eigenvalue weighted by Gasteiger charge is -2.09. The Bertz CT molecular complexity index is 244. The summed E-state index contributed by atoms with van der Waals surface area (Å²) < 4.78 is 4.88. The number of nitrogens with two attached hydrogens (primary N) is 1. The predicted octanol–water partition coefficient (Wildman–Crippen LogP) is 2.03. The van der Waals surface area contributed by atoms with Crippen LogP contribution in [0.3, 0.4) is 0 Å². The smallest absolute Gasteiger partial charge is 0.310 e. The van der Waals surface area contributed by atoms with Gasteiger partial charge in [-0.25, -0.2) is 0 Å². The molecule has 0 spiro atoms. The van der Waals surface area contributed by atoms with Crippen LogP contribution < -0.4 is 5.73 Å².